The van der Waals surface area contributed by atoms with Crippen LogP contribution in [0.3, 0.4) is 0 Å². The minimum Gasteiger partial charge on any atom is -0.388 e. The highest BCUT2D eigenvalue weighted by Gasteiger charge is 2.66. The van der Waals surface area contributed by atoms with E-state index < -0.39 is 41.4 Å². The third-order valence-electron chi connectivity index (χ3n) is 3.51. The van der Waals surface area contributed by atoms with Crippen molar-refractivity contribution < 1.29 is 34.7 Å². The van der Waals surface area contributed by atoms with Crippen molar-refractivity contribution in [2.45, 2.75) is 42.5 Å². The molecule has 2 aliphatic heterocycles. The highest BCUT2D eigenvalue weighted by Crippen LogP contribution is 2.43. The van der Waals surface area contributed by atoms with Crippen LogP contribution in [0.5, 0.6) is 0 Å². The number of aliphatic hydroxyl groups is 3. The SMILES string of the molecule is [CH2]CCC(O)(O[N+](=O)[O-])[C@]1(O)CO[C@@H]2[C@@H](O)CO[C@@H]21. The van der Waals surface area contributed by atoms with E-state index in [1.54, 1.807) is 0 Å². The molecule has 2 saturated heterocycles. The molecule has 109 valence electrons. The number of nitrogens with zero attached hydrogens (tertiary/aromatic N) is 1. The Morgan fingerprint density at radius 3 is 2.84 bits per heavy atom. The van der Waals surface area contributed by atoms with Gasteiger partial charge in [0.2, 0.25) is 5.79 Å². The summed E-state index contributed by atoms with van der Waals surface area (Å²) < 4.78 is 10.3. The molecule has 1 radical (unpaired) electrons. The fourth-order valence-corrected chi connectivity index (χ4v) is 2.55. The Morgan fingerprint density at radius 2 is 2.26 bits per heavy atom. The molecule has 9 nitrogen and oxygen atoms in total. The van der Waals surface area contributed by atoms with Crippen LogP contribution in [0.4, 0.5) is 0 Å². The lowest BCUT2D eigenvalue weighted by atomic mass is 9.84. The van der Waals surface area contributed by atoms with E-state index in [2.05, 4.69) is 11.8 Å². The van der Waals surface area contributed by atoms with Crippen molar-refractivity contribution in [2.24, 2.45) is 0 Å². The lowest BCUT2D eigenvalue weighted by molar-refractivity contribution is -0.803. The van der Waals surface area contributed by atoms with Crippen LogP contribution in [0, 0.1) is 17.0 Å². The van der Waals surface area contributed by atoms with Crippen LogP contribution in [-0.4, -0.2) is 63.3 Å². The van der Waals surface area contributed by atoms with Gasteiger partial charge in [-0.05, 0) is 6.42 Å². The molecule has 0 aliphatic carbocycles. The molecule has 0 aromatic rings. The first-order valence-electron chi connectivity index (χ1n) is 5.83. The van der Waals surface area contributed by atoms with E-state index in [4.69, 9.17) is 9.47 Å². The lowest BCUT2D eigenvalue weighted by Gasteiger charge is -2.40. The van der Waals surface area contributed by atoms with Crippen molar-refractivity contribution in [1.82, 2.24) is 0 Å². The first-order chi connectivity index (χ1) is 8.84. The molecule has 1 unspecified atom stereocenters. The number of ether oxygens (including phenoxy) is 2. The first-order valence-corrected chi connectivity index (χ1v) is 5.83. The first kappa shape index (κ1) is 14.4. The van der Waals surface area contributed by atoms with Crippen molar-refractivity contribution in [1.29, 1.82) is 0 Å². The van der Waals surface area contributed by atoms with Crippen LogP contribution in [0.25, 0.3) is 0 Å². The Labute approximate surface area is 108 Å². The summed E-state index contributed by atoms with van der Waals surface area (Å²) in [6, 6.07) is 0. The zero-order chi connectivity index (χ0) is 14.3. The second-order valence-electron chi connectivity index (χ2n) is 4.72. The van der Waals surface area contributed by atoms with Gasteiger partial charge in [-0.3, -0.25) is 4.84 Å². The number of hydrogen-bond donors (Lipinski definition) is 3. The van der Waals surface area contributed by atoms with E-state index in [9.17, 15) is 25.4 Å². The van der Waals surface area contributed by atoms with E-state index in [1.807, 2.05) is 0 Å². The molecule has 0 amide bonds. The molecule has 5 atom stereocenters. The molecule has 0 bridgehead atoms. The molecule has 0 aromatic heterocycles. The molecule has 3 N–H and O–H groups in total. The van der Waals surface area contributed by atoms with Gasteiger partial charge >= 0.3 is 0 Å². The molecule has 0 saturated carbocycles. The molecule has 0 spiro atoms. The fraction of sp³-hybridized carbons (Fsp3) is 0.900. The molecule has 2 heterocycles. The van der Waals surface area contributed by atoms with E-state index in [0.717, 1.165) is 0 Å². The summed E-state index contributed by atoms with van der Waals surface area (Å²) in [7, 11) is 0. The highest BCUT2D eigenvalue weighted by atomic mass is 17.0. The monoisotopic (exact) mass is 278 g/mol. The van der Waals surface area contributed by atoms with E-state index in [-0.39, 0.29) is 19.4 Å². The summed E-state index contributed by atoms with van der Waals surface area (Å²) in [6.07, 6.45) is -3.10. The Bertz CT molecular complexity index is 365. The molecule has 9 heteroatoms. The minimum atomic E-state index is -2.50. The number of fused-ring (bicyclic) bond motifs is 1. The topological polar surface area (TPSA) is 132 Å². The maximum Gasteiger partial charge on any atom is 0.297 e. The van der Waals surface area contributed by atoms with Crippen LogP contribution >= 0.6 is 0 Å². The number of aliphatic hydroxyl groups excluding tert-OH is 1. The van der Waals surface area contributed by atoms with Crippen LogP contribution in [-0.2, 0) is 14.3 Å². The summed E-state index contributed by atoms with van der Waals surface area (Å²) in [5.74, 6) is -2.50. The molecular formula is C10H16NO8. The van der Waals surface area contributed by atoms with E-state index >= 15 is 0 Å². The van der Waals surface area contributed by atoms with Gasteiger partial charge in [-0.2, -0.15) is 0 Å². The van der Waals surface area contributed by atoms with Crippen molar-refractivity contribution >= 4 is 0 Å². The molecule has 2 rings (SSSR count). The van der Waals surface area contributed by atoms with Gasteiger partial charge in [0.05, 0.1) is 13.2 Å². The normalized spacial score (nSPS) is 40.7. The van der Waals surface area contributed by atoms with Gasteiger partial charge in [-0.15, -0.1) is 10.1 Å². The van der Waals surface area contributed by atoms with E-state index in [0.29, 0.717) is 0 Å². The van der Waals surface area contributed by atoms with Gasteiger partial charge in [0, 0.05) is 6.42 Å². The third-order valence-corrected chi connectivity index (χ3v) is 3.51. The van der Waals surface area contributed by atoms with Crippen LogP contribution in [0.1, 0.15) is 12.8 Å². The average Bonchev–Trinajstić information content (AvgIpc) is 2.82. The maximum atomic E-state index is 10.5. The third kappa shape index (κ3) is 2.17. The maximum absolute atomic E-state index is 10.5. The summed E-state index contributed by atoms with van der Waals surface area (Å²) >= 11 is 0. The van der Waals surface area contributed by atoms with Crippen LogP contribution in [0.15, 0.2) is 0 Å². The van der Waals surface area contributed by atoms with Gasteiger partial charge < -0.3 is 24.8 Å². The van der Waals surface area contributed by atoms with Gasteiger partial charge in [0.15, 0.2) is 5.60 Å². The van der Waals surface area contributed by atoms with Crippen LogP contribution in [0.2, 0.25) is 0 Å². The Morgan fingerprint density at radius 1 is 1.58 bits per heavy atom. The van der Waals surface area contributed by atoms with Gasteiger partial charge in [-0.1, -0.05) is 6.92 Å². The summed E-state index contributed by atoms with van der Waals surface area (Å²) in [6.45, 7) is 2.95. The standard InChI is InChI=1S/C10H16NO8/c1-2-3-10(14,19-11(15)16)9(13)5-18-7-6(12)4-17-8(7)9/h6-8,12-14H,1-5H2/t6-,7+,8-,9-,10?/m0/s1. The fourth-order valence-electron chi connectivity index (χ4n) is 2.55. The Kier molecular flexibility index (Phi) is 3.67. The number of rotatable bonds is 5. The summed E-state index contributed by atoms with van der Waals surface area (Å²) in [5, 5.41) is 39.7. The largest absolute Gasteiger partial charge is 0.388 e. The molecular weight excluding hydrogens is 262 g/mol. The van der Waals surface area contributed by atoms with Crippen LogP contribution < -0.4 is 0 Å². The predicted molar refractivity (Wildman–Crippen MR) is 58.1 cm³/mol. The quantitative estimate of drug-likeness (QED) is 0.311. The summed E-state index contributed by atoms with van der Waals surface area (Å²) in [5.41, 5.74) is -2.14. The number of hydrogen-bond acceptors (Lipinski definition) is 8. The van der Waals surface area contributed by atoms with Gasteiger partial charge in [0.25, 0.3) is 5.09 Å². The van der Waals surface area contributed by atoms with Crippen molar-refractivity contribution in [2.75, 3.05) is 13.2 Å². The predicted octanol–water partition coefficient (Wildman–Crippen LogP) is -1.61. The summed E-state index contributed by atoms with van der Waals surface area (Å²) in [4.78, 5) is 14.8. The highest BCUT2D eigenvalue weighted by molar-refractivity contribution is 5.10. The molecule has 0 aromatic carbocycles. The van der Waals surface area contributed by atoms with Crippen molar-refractivity contribution in [3.8, 4) is 0 Å². The zero-order valence-electron chi connectivity index (χ0n) is 10.1. The molecule has 2 aliphatic rings. The second kappa shape index (κ2) is 4.84. The average molecular weight is 278 g/mol. The van der Waals surface area contributed by atoms with Gasteiger partial charge in [0.1, 0.15) is 18.3 Å². The molecule has 2 fully saturated rings. The molecule has 19 heavy (non-hydrogen) atoms. The van der Waals surface area contributed by atoms with E-state index in [1.165, 1.54) is 0 Å². The van der Waals surface area contributed by atoms with Crippen molar-refractivity contribution in [3.05, 3.63) is 17.0 Å². The lowest BCUT2D eigenvalue weighted by Crippen LogP contribution is -2.63. The Hall–Kier alpha value is -1.00. The Balaban J connectivity index is 2.27. The smallest absolute Gasteiger partial charge is 0.297 e. The zero-order valence-corrected chi connectivity index (χ0v) is 10.1. The van der Waals surface area contributed by atoms with Gasteiger partial charge in [-0.25, -0.2) is 0 Å². The second-order valence-corrected chi connectivity index (χ2v) is 4.72. The van der Waals surface area contributed by atoms with Crippen molar-refractivity contribution in [3.63, 3.8) is 0 Å². The minimum absolute atomic E-state index is 0.0867.